The molecule has 0 bridgehead atoms. The number of nitrogens with two attached hydrogens (primary N) is 1. The molecule has 0 amide bonds. The lowest BCUT2D eigenvalue weighted by Crippen LogP contribution is -2.52. The van der Waals surface area contributed by atoms with Gasteiger partial charge in [0.15, 0.2) is 0 Å². The Bertz CT molecular complexity index is 419. The van der Waals surface area contributed by atoms with Crippen LogP contribution in [0.15, 0.2) is 5.38 Å². The SMILES string of the molecule is CN1CCCC2CN(Cc3csc(CN)n3)CCC21. The maximum absolute atomic E-state index is 5.63. The average molecular weight is 280 g/mol. The molecule has 2 saturated heterocycles. The third kappa shape index (κ3) is 2.99. The second-order valence-corrected chi connectivity index (χ2v) is 6.85. The van der Waals surface area contributed by atoms with Crippen molar-refractivity contribution in [1.82, 2.24) is 14.8 Å². The van der Waals surface area contributed by atoms with Gasteiger partial charge in [-0.2, -0.15) is 0 Å². The molecule has 0 aliphatic carbocycles. The molecule has 0 aromatic carbocycles. The Morgan fingerprint density at radius 2 is 2.32 bits per heavy atom. The molecular formula is C14H24N4S. The zero-order valence-corrected chi connectivity index (χ0v) is 12.5. The van der Waals surface area contributed by atoms with Crippen molar-refractivity contribution in [3.63, 3.8) is 0 Å². The highest BCUT2D eigenvalue weighted by Gasteiger charge is 2.34. The van der Waals surface area contributed by atoms with E-state index in [1.165, 1.54) is 44.6 Å². The topological polar surface area (TPSA) is 45.4 Å². The standard InChI is InChI=1S/C14H24N4S/c1-17-5-2-3-11-8-18(6-4-13(11)17)9-12-10-19-14(7-15)16-12/h10-11,13H,2-9,15H2,1H3. The summed E-state index contributed by atoms with van der Waals surface area (Å²) in [5.41, 5.74) is 6.83. The van der Waals surface area contributed by atoms with E-state index < -0.39 is 0 Å². The highest BCUT2D eigenvalue weighted by atomic mass is 32.1. The van der Waals surface area contributed by atoms with Crippen LogP contribution >= 0.6 is 11.3 Å². The van der Waals surface area contributed by atoms with Crippen molar-refractivity contribution >= 4 is 11.3 Å². The van der Waals surface area contributed by atoms with E-state index in [9.17, 15) is 0 Å². The minimum Gasteiger partial charge on any atom is -0.325 e. The van der Waals surface area contributed by atoms with Gasteiger partial charge in [-0.1, -0.05) is 0 Å². The van der Waals surface area contributed by atoms with Crippen molar-refractivity contribution < 1.29 is 0 Å². The monoisotopic (exact) mass is 280 g/mol. The second-order valence-electron chi connectivity index (χ2n) is 5.91. The molecule has 2 aliphatic heterocycles. The Kier molecular flexibility index (Phi) is 4.17. The molecule has 106 valence electrons. The Labute approximate surface area is 119 Å². The summed E-state index contributed by atoms with van der Waals surface area (Å²) in [4.78, 5) is 9.73. The van der Waals surface area contributed by atoms with Crippen molar-refractivity contribution in [1.29, 1.82) is 0 Å². The van der Waals surface area contributed by atoms with Gasteiger partial charge in [-0.25, -0.2) is 4.98 Å². The molecule has 3 rings (SSSR count). The summed E-state index contributed by atoms with van der Waals surface area (Å²) in [5, 5.41) is 3.23. The van der Waals surface area contributed by atoms with Crippen molar-refractivity contribution in [2.75, 3.05) is 26.7 Å². The predicted molar refractivity (Wildman–Crippen MR) is 79.0 cm³/mol. The second kappa shape index (κ2) is 5.87. The summed E-state index contributed by atoms with van der Waals surface area (Å²) in [6.07, 6.45) is 4.07. The van der Waals surface area contributed by atoms with E-state index in [-0.39, 0.29) is 0 Å². The highest BCUT2D eigenvalue weighted by molar-refractivity contribution is 7.09. The van der Waals surface area contributed by atoms with Crippen LogP contribution in [0.4, 0.5) is 0 Å². The van der Waals surface area contributed by atoms with E-state index in [4.69, 9.17) is 5.73 Å². The number of fused-ring (bicyclic) bond motifs is 1. The molecule has 0 radical (unpaired) electrons. The molecule has 2 aliphatic rings. The molecule has 3 heterocycles. The first-order chi connectivity index (χ1) is 9.26. The van der Waals surface area contributed by atoms with Crippen LogP contribution < -0.4 is 5.73 Å². The smallest absolute Gasteiger partial charge is 0.106 e. The zero-order chi connectivity index (χ0) is 13.2. The molecular weight excluding hydrogens is 256 g/mol. The zero-order valence-electron chi connectivity index (χ0n) is 11.7. The predicted octanol–water partition coefficient (Wildman–Crippen LogP) is 1.52. The molecule has 0 spiro atoms. The van der Waals surface area contributed by atoms with Gasteiger partial charge in [-0.15, -0.1) is 11.3 Å². The first-order valence-corrected chi connectivity index (χ1v) is 8.20. The van der Waals surface area contributed by atoms with Gasteiger partial charge in [0.05, 0.1) is 5.69 Å². The highest BCUT2D eigenvalue weighted by Crippen LogP contribution is 2.30. The normalized spacial score (nSPS) is 29.4. The Morgan fingerprint density at radius 3 is 3.11 bits per heavy atom. The lowest BCUT2D eigenvalue weighted by Gasteiger charge is -2.45. The summed E-state index contributed by atoms with van der Waals surface area (Å²) in [7, 11) is 2.29. The maximum atomic E-state index is 5.63. The summed E-state index contributed by atoms with van der Waals surface area (Å²) >= 11 is 1.69. The van der Waals surface area contributed by atoms with Crippen LogP contribution in [0.3, 0.4) is 0 Å². The molecule has 5 heteroatoms. The fourth-order valence-electron chi connectivity index (χ4n) is 3.62. The van der Waals surface area contributed by atoms with Crippen LogP contribution in [0.1, 0.15) is 30.0 Å². The van der Waals surface area contributed by atoms with Gasteiger partial charge in [0.1, 0.15) is 5.01 Å². The average Bonchev–Trinajstić information content (AvgIpc) is 2.86. The van der Waals surface area contributed by atoms with E-state index in [0.717, 1.165) is 23.5 Å². The summed E-state index contributed by atoms with van der Waals surface area (Å²) in [5.74, 6) is 0.861. The van der Waals surface area contributed by atoms with Gasteiger partial charge in [0.2, 0.25) is 0 Å². The summed E-state index contributed by atoms with van der Waals surface area (Å²) in [6, 6.07) is 0.819. The molecule has 0 saturated carbocycles. The first kappa shape index (κ1) is 13.5. The van der Waals surface area contributed by atoms with E-state index in [1.807, 2.05) is 0 Å². The van der Waals surface area contributed by atoms with Gasteiger partial charge in [0.25, 0.3) is 0 Å². The first-order valence-electron chi connectivity index (χ1n) is 7.32. The van der Waals surface area contributed by atoms with Crippen LogP contribution in [-0.2, 0) is 13.1 Å². The molecule has 2 fully saturated rings. The van der Waals surface area contributed by atoms with Gasteiger partial charge >= 0.3 is 0 Å². The molecule has 2 unspecified atom stereocenters. The minimum atomic E-state index is 0.570. The molecule has 19 heavy (non-hydrogen) atoms. The number of rotatable bonds is 3. The van der Waals surface area contributed by atoms with Crippen LogP contribution in [-0.4, -0.2) is 47.5 Å². The van der Waals surface area contributed by atoms with E-state index in [1.54, 1.807) is 11.3 Å². The lowest BCUT2D eigenvalue weighted by molar-refractivity contribution is 0.0351. The Morgan fingerprint density at radius 1 is 1.42 bits per heavy atom. The quantitative estimate of drug-likeness (QED) is 0.912. The van der Waals surface area contributed by atoms with Crippen molar-refractivity contribution in [2.45, 2.75) is 38.4 Å². The van der Waals surface area contributed by atoms with Crippen LogP contribution in [0.5, 0.6) is 0 Å². The molecule has 4 nitrogen and oxygen atoms in total. The maximum Gasteiger partial charge on any atom is 0.106 e. The van der Waals surface area contributed by atoms with Crippen LogP contribution in [0.2, 0.25) is 0 Å². The van der Waals surface area contributed by atoms with Crippen LogP contribution in [0.25, 0.3) is 0 Å². The van der Waals surface area contributed by atoms with Crippen LogP contribution in [0, 0.1) is 5.92 Å². The number of aromatic nitrogens is 1. The number of hydrogen-bond donors (Lipinski definition) is 1. The number of nitrogens with zero attached hydrogens (tertiary/aromatic N) is 3. The largest absolute Gasteiger partial charge is 0.325 e. The van der Waals surface area contributed by atoms with E-state index >= 15 is 0 Å². The van der Waals surface area contributed by atoms with Crippen molar-refractivity contribution in [3.8, 4) is 0 Å². The van der Waals surface area contributed by atoms with Gasteiger partial charge in [0, 0.05) is 37.6 Å². The third-order valence-electron chi connectivity index (χ3n) is 4.59. The number of thiazole rings is 1. The van der Waals surface area contributed by atoms with E-state index in [0.29, 0.717) is 6.54 Å². The van der Waals surface area contributed by atoms with Gasteiger partial charge < -0.3 is 10.6 Å². The summed E-state index contributed by atoms with van der Waals surface area (Å²) in [6.45, 7) is 5.31. The number of likely N-dealkylation sites (tertiary alicyclic amines) is 2. The number of piperidine rings is 2. The fraction of sp³-hybridized carbons (Fsp3) is 0.786. The van der Waals surface area contributed by atoms with Gasteiger partial charge in [-0.05, 0) is 38.8 Å². The lowest BCUT2D eigenvalue weighted by atomic mass is 9.84. The van der Waals surface area contributed by atoms with Crippen molar-refractivity contribution in [2.24, 2.45) is 11.7 Å². The fourth-order valence-corrected chi connectivity index (χ4v) is 4.28. The van der Waals surface area contributed by atoms with Gasteiger partial charge in [-0.3, -0.25) is 4.90 Å². The molecule has 1 aromatic rings. The Balaban J connectivity index is 1.58. The molecule has 2 atom stereocenters. The minimum absolute atomic E-state index is 0.570. The van der Waals surface area contributed by atoms with E-state index in [2.05, 4.69) is 27.2 Å². The van der Waals surface area contributed by atoms with Crippen molar-refractivity contribution in [3.05, 3.63) is 16.1 Å². The number of hydrogen-bond acceptors (Lipinski definition) is 5. The molecule has 2 N–H and O–H groups in total. The summed E-state index contributed by atoms with van der Waals surface area (Å²) < 4.78 is 0. The molecule has 1 aromatic heterocycles. The third-order valence-corrected chi connectivity index (χ3v) is 5.51. The Hall–Kier alpha value is -0.490.